The Balaban J connectivity index is 1.70. The van der Waals surface area contributed by atoms with Gasteiger partial charge < -0.3 is 19.5 Å². The minimum Gasteiger partial charge on any atom is -0.496 e. The van der Waals surface area contributed by atoms with E-state index in [0.717, 1.165) is 27.6 Å². The monoisotopic (exact) mass is 465 g/mol. The maximum Gasteiger partial charge on any atom is 0.362 e. The number of hydrogen-bond donors (Lipinski definition) is 1. The zero-order chi connectivity index (χ0) is 24.5. The van der Waals surface area contributed by atoms with E-state index in [1.54, 1.807) is 26.2 Å². The Morgan fingerprint density at radius 1 is 1.06 bits per heavy atom. The normalized spacial score (nSPS) is 10.4. The van der Waals surface area contributed by atoms with Crippen molar-refractivity contribution in [1.29, 1.82) is 0 Å². The number of nitrogens with one attached hydrogen (secondary N) is 1. The zero-order valence-electron chi connectivity index (χ0n) is 19.4. The van der Waals surface area contributed by atoms with Gasteiger partial charge in [-0.25, -0.2) is 4.79 Å². The van der Waals surface area contributed by atoms with E-state index in [4.69, 9.17) is 14.2 Å². The molecule has 34 heavy (non-hydrogen) atoms. The molecule has 0 saturated heterocycles. The molecule has 1 amide bonds. The molecule has 0 radical (unpaired) electrons. The first-order valence-corrected chi connectivity index (χ1v) is 10.8. The zero-order valence-corrected chi connectivity index (χ0v) is 19.4. The molecular formula is C25H27N3O6. The number of carbonyl (C=O) groups is 2. The van der Waals surface area contributed by atoms with Crippen LogP contribution >= 0.6 is 0 Å². The predicted octanol–water partition coefficient (Wildman–Crippen LogP) is 2.46. The van der Waals surface area contributed by atoms with Crippen molar-refractivity contribution in [1.82, 2.24) is 15.1 Å². The molecule has 3 rings (SSSR count). The summed E-state index contributed by atoms with van der Waals surface area (Å²) in [6, 6.07) is 15.7. The number of carbonyl (C=O) groups excluding carboxylic acids is 2. The molecular weight excluding hydrogens is 438 g/mol. The molecule has 0 fully saturated rings. The van der Waals surface area contributed by atoms with E-state index in [0.29, 0.717) is 18.7 Å². The summed E-state index contributed by atoms with van der Waals surface area (Å²) in [5.41, 5.74) is 1.76. The van der Waals surface area contributed by atoms with Crippen LogP contribution in [-0.4, -0.2) is 48.5 Å². The molecule has 0 saturated carbocycles. The number of aromatic nitrogens is 2. The highest BCUT2D eigenvalue weighted by Crippen LogP contribution is 2.18. The Labute approximate surface area is 197 Å². The fourth-order valence-electron chi connectivity index (χ4n) is 3.20. The molecule has 2 aromatic carbocycles. The second-order valence-electron chi connectivity index (χ2n) is 7.36. The third-order valence-electron chi connectivity index (χ3n) is 4.91. The minimum atomic E-state index is -0.755. The van der Waals surface area contributed by atoms with Gasteiger partial charge in [0, 0.05) is 6.54 Å². The molecule has 0 aliphatic rings. The van der Waals surface area contributed by atoms with Crippen molar-refractivity contribution in [3.05, 3.63) is 81.8 Å². The number of aryl methyl sites for hydroxylation is 1. The summed E-state index contributed by atoms with van der Waals surface area (Å²) >= 11 is 0. The SMILES string of the molecule is CCOC(=O)c1nn(-c2ccc(C)cc2)c(=O)cc1OCC(=O)NCCc1ccccc1OC. The van der Waals surface area contributed by atoms with Crippen molar-refractivity contribution in [2.75, 3.05) is 26.9 Å². The highest BCUT2D eigenvalue weighted by Gasteiger charge is 2.20. The first kappa shape index (κ1) is 24.5. The Morgan fingerprint density at radius 2 is 1.79 bits per heavy atom. The van der Waals surface area contributed by atoms with Crippen molar-refractivity contribution in [3.63, 3.8) is 0 Å². The van der Waals surface area contributed by atoms with Gasteiger partial charge in [-0.2, -0.15) is 9.78 Å². The Morgan fingerprint density at radius 3 is 2.50 bits per heavy atom. The predicted molar refractivity (Wildman–Crippen MR) is 126 cm³/mol. The summed E-state index contributed by atoms with van der Waals surface area (Å²) in [5, 5.41) is 6.89. The fraction of sp³-hybridized carbons (Fsp3) is 0.280. The van der Waals surface area contributed by atoms with E-state index in [-0.39, 0.29) is 18.1 Å². The molecule has 0 atom stereocenters. The third kappa shape index (κ3) is 6.22. The van der Waals surface area contributed by atoms with Gasteiger partial charge in [0.15, 0.2) is 12.4 Å². The number of ether oxygens (including phenoxy) is 3. The Kier molecular flexibility index (Phi) is 8.39. The molecule has 1 heterocycles. The van der Waals surface area contributed by atoms with Gasteiger partial charge in [0.2, 0.25) is 5.69 Å². The number of nitrogens with zero attached hydrogens (tertiary/aromatic N) is 2. The first-order chi connectivity index (χ1) is 16.4. The van der Waals surface area contributed by atoms with Crippen LogP contribution in [-0.2, 0) is 16.0 Å². The van der Waals surface area contributed by atoms with Crippen LogP contribution in [0.2, 0.25) is 0 Å². The number of esters is 1. The summed E-state index contributed by atoms with van der Waals surface area (Å²) in [6.45, 7) is 3.66. The van der Waals surface area contributed by atoms with Crippen molar-refractivity contribution < 1.29 is 23.8 Å². The summed E-state index contributed by atoms with van der Waals surface area (Å²) in [7, 11) is 1.59. The number of hydrogen-bond acceptors (Lipinski definition) is 7. The molecule has 1 aromatic heterocycles. The largest absolute Gasteiger partial charge is 0.496 e. The summed E-state index contributed by atoms with van der Waals surface area (Å²) in [5.74, 6) is -0.540. The second-order valence-corrected chi connectivity index (χ2v) is 7.36. The van der Waals surface area contributed by atoms with Gasteiger partial charge in [-0.3, -0.25) is 9.59 Å². The average Bonchev–Trinajstić information content (AvgIpc) is 2.84. The quantitative estimate of drug-likeness (QED) is 0.458. The lowest BCUT2D eigenvalue weighted by molar-refractivity contribution is -0.123. The number of benzene rings is 2. The second kappa shape index (κ2) is 11.6. The molecule has 0 unspecified atom stereocenters. The van der Waals surface area contributed by atoms with Gasteiger partial charge in [-0.1, -0.05) is 35.9 Å². The summed E-state index contributed by atoms with van der Waals surface area (Å²) in [4.78, 5) is 37.4. The molecule has 9 heteroatoms. The Hall–Kier alpha value is -4.14. The van der Waals surface area contributed by atoms with E-state index < -0.39 is 24.0 Å². The molecule has 3 aromatic rings. The summed E-state index contributed by atoms with van der Waals surface area (Å²) in [6.07, 6.45) is 0.567. The fourth-order valence-corrected chi connectivity index (χ4v) is 3.20. The van der Waals surface area contributed by atoms with Crippen LogP contribution in [0.4, 0.5) is 0 Å². The molecule has 178 valence electrons. The highest BCUT2D eigenvalue weighted by molar-refractivity contribution is 5.90. The average molecular weight is 466 g/mol. The number of para-hydroxylation sites is 1. The maximum absolute atomic E-state index is 12.6. The van der Waals surface area contributed by atoms with Crippen LogP contribution in [0.15, 0.2) is 59.4 Å². The molecule has 0 spiro atoms. The van der Waals surface area contributed by atoms with E-state index >= 15 is 0 Å². The molecule has 0 bridgehead atoms. The smallest absolute Gasteiger partial charge is 0.362 e. The van der Waals surface area contributed by atoms with Crippen LogP contribution in [0.5, 0.6) is 11.5 Å². The lowest BCUT2D eigenvalue weighted by atomic mass is 10.1. The van der Waals surface area contributed by atoms with E-state index in [1.807, 2.05) is 43.3 Å². The van der Waals surface area contributed by atoms with Gasteiger partial charge >= 0.3 is 5.97 Å². The molecule has 0 aliphatic heterocycles. The topological polar surface area (TPSA) is 109 Å². The van der Waals surface area contributed by atoms with Crippen LogP contribution < -0.4 is 20.3 Å². The van der Waals surface area contributed by atoms with Gasteiger partial charge in [0.05, 0.1) is 25.5 Å². The Bertz CT molecular complexity index is 1200. The van der Waals surface area contributed by atoms with Gasteiger partial charge in [-0.15, -0.1) is 0 Å². The van der Waals surface area contributed by atoms with E-state index in [9.17, 15) is 14.4 Å². The van der Waals surface area contributed by atoms with Crippen molar-refractivity contribution >= 4 is 11.9 Å². The standard InChI is InChI=1S/C25H27N3O6/c1-4-33-25(31)24-21(15-23(30)28(27-24)19-11-9-17(2)10-12-19)34-16-22(29)26-14-13-18-7-5-6-8-20(18)32-3/h5-12,15H,4,13-14,16H2,1-3H3,(H,26,29). The van der Waals surface area contributed by atoms with Gasteiger partial charge in [0.1, 0.15) is 5.75 Å². The molecule has 1 N–H and O–H groups in total. The van der Waals surface area contributed by atoms with Crippen molar-refractivity contribution in [2.24, 2.45) is 0 Å². The molecule has 9 nitrogen and oxygen atoms in total. The maximum atomic E-state index is 12.6. The lowest BCUT2D eigenvalue weighted by Gasteiger charge is -2.13. The third-order valence-corrected chi connectivity index (χ3v) is 4.91. The van der Waals surface area contributed by atoms with Gasteiger partial charge in [-0.05, 0) is 44.0 Å². The van der Waals surface area contributed by atoms with E-state index in [1.165, 1.54) is 0 Å². The minimum absolute atomic E-state index is 0.118. The number of rotatable bonds is 10. The summed E-state index contributed by atoms with van der Waals surface area (Å²) < 4.78 is 16.9. The highest BCUT2D eigenvalue weighted by atomic mass is 16.5. The first-order valence-electron chi connectivity index (χ1n) is 10.8. The van der Waals surface area contributed by atoms with Crippen LogP contribution in [0, 0.1) is 6.92 Å². The molecule has 0 aliphatic carbocycles. The van der Waals surface area contributed by atoms with Crippen molar-refractivity contribution in [3.8, 4) is 17.2 Å². The van der Waals surface area contributed by atoms with Gasteiger partial charge in [0.25, 0.3) is 11.5 Å². The van der Waals surface area contributed by atoms with Crippen LogP contribution in [0.25, 0.3) is 5.69 Å². The van der Waals surface area contributed by atoms with E-state index in [2.05, 4.69) is 10.4 Å². The van der Waals surface area contributed by atoms with Crippen LogP contribution in [0.1, 0.15) is 28.5 Å². The number of amides is 1. The van der Waals surface area contributed by atoms with Crippen LogP contribution in [0.3, 0.4) is 0 Å². The number of methoxy groups -OCH3 is 1. The van der Waals surface area contributed by atoms with Crippen molar-refractivity contribution in [2.45, 2.75) is 20.3 Å². The lowest BCUT2D eigenvalue weighted by Crippen LogP contribution is -2.32.